The number of ether oxygens (including phenoxy) is 2. The molecule has 2 unspecified atom stereocenters. The summed E-state index contributed by atoms with van der Waals surface area (Å²) in [5, 5.41) is 0. The van der Waals surface area contributed by atoms with Crippen molar-refractivity contribution in [3.05, 3.63) is 0 Å². The SMILES string of the molecule is CCCCCCCCCCCCCCCCCCN(C1CO1)C1CO1. The number of hydrogen-bond acceptors (Lipinski definition) is 3. The van der Waals surface area contributed by atoms with Crippen LogP contribution >= 0.6 is 0 Å². The normalized spacial score (nSPS) is 21.8. The molecule has 0 aromatic carbocycles. The van der Waals surface area contributed by atoms with Gasteiger partial charge in [0.2, 0.25) is 0 Å². The first-order valence-electron chi connectivity index (χ1n) is 11.4. The molecule has 2 saturated heterocycles. The maximum atomic E-state index is 5.40. The molecular formula is C22H43NO2. The third kappa shape index (κ3) is 11.2. The third-order valence-electron chi connectivity index (χ3n) is 5.64. The van der Waals surface area contributed by atoms with E-state index in [9.17, 15) is 0 Å². The minimum atomic E-state index is 0.379. The van der Waals surface area contributed by atoms with Crippen molar-refractivity contribution in [3.63, 3.8) is 0 Å². The summed E-state index contributed by atoms with van der Waals surface area (Å²) in [6, 6.07) is 0. The second-order valence-electron chi connectivity index (χ2n) is 8.12. The molecule has 2 aliphatic heterocycles. The summed E-state index contributed by atoms with van der Waals surface area (Å²) in [5.41, 5.74) is 0. The van der Waals surface area contributed by atoms with E-state index in [0.717, 1.165) is 19.8 Å². The van der Waals surface area contributed by atoms with Crippen LogP contribution < -0.4 is 0 Å². The molecule has 0 aromatic heterocycles. The van der Waals surface area contributed by atoms with Crippen LogP contribution in [0.1, 0.15) is 110 Å². The minimum absolute atomic E-state index is 0.379. The zero-order valence-electron chi connectivity index (χ0n) is 16.9. The number of unbranched alkanes of at least 4 members (excludes halogenated alkanes) is 15. The Morgan fingerprint density at radius 2 is 0.880 bits per heavy atom. The quantitative estimate of drug-likeness (QED) is 0.202. The first kappa shape index (κ1) is 21.2. The molecular weight excluding hydrogens is 310 g/mol. The van der Waals surface area contributed by atoms with Gasteiger partial charge in [-0.3, -0.25) is 0 Å². The maximum Gasteiger partial charge on any atom is 0.136 e. The Morgan fingerprint density at radius 1 is 0.560 bits per heavy atom. The molecule has 0 aliphatic carbocycles. The number of nitrogens with zero attached hydrogens (tertiary/aromatic N) is 1. The lowest BCUT2D eigenvalue weighted by Crippen LogP contribution is -2.31. The van der Waals surface area contributed by atoms with Crippen LogP contribution in [0, 0.1) is 0 Å². The van der Waals surface area contributed by atoms with Gasteiger partial charge in [0.1, 0.15) is 12.5 Å². The molecule has 148 valence electrons. The summed E-state index contributed by atoms with van der Waals surface area (Å²) in [7, 11) is 0. The molecule has 25 heavy (non-hydrogen) atoms. The minimum Gasteiger partial charge on any atom is -0.356 e. The van der Waals surface area contributed by atoms with Gasteiger partial charge in [-0.1, -0.05) is 103 Å². The van der Waals surface area contributed by atoms with Gasteiger partial charge >= 0.3 is 0 Å². The number of hydrogen-bond donors (Lipinski definition) is 0. The lowest BCUT2D eigenvalue weighted by atomic mass is 10.0. The van der Waals surface area contributed by atoms with Crippen molar-refractivity contribution in [2.24, 2.45) is 0 Å². The van der Waals surface area contributed by atoms with Crippen molar-refractivity contribution in [1.29, 1.82) is 0 Å². The lowest BCUT2D eigenvalue weighted by molar-refractivity contribution is 0.111. The molecule has 0 N–H and O–H groups in total. The predicted molar refractivity (Wildman–Crippen MR) is 106 cm³/mol. The van der Waals surface area contributed by atoms with Crippen molar-refractivity contribution in [2.45, 2.75) is 122 Å². The number of epoxide rings is 2. The monoisotopic (exact) mass is 353 g/mol. The summed E-state index contributed by atoms with van der Waals surface area (Å²) in [5.74, 6) is 0. The van der Waals surface area contributed by atoms with Crippen molar-refractivity contribution in [3.8, 4) is 0 Å². The van der Waals surface area contributed by atoms with Gasteiger partial charge in [0.05, 0.1) is 13.2 Å². The highest BCUT2D eigenvalue weighted by Gasteiger charge is 2.40. The molecule has 0 spiro atoms. The second-order valence-corrected chi connectivity index (χ2v) is 8.12. The summed E-state index contributed by atoms with van der Waals surface area (Å²) >= 11 is 0. The lowest BCUT2D eigenvalue weighted by Gasteiger charge is -2.16. The smallest absolute Gasteiger partial charge is 0.136 e. The largest absolute Gasteiger partial charge is 0.356 e. The molecule has 0 amide bonds. The van der Waals surface area contributed by atoms with Gasteiger partial charge < -0.3 is 9.47 Å². The summed E-state index contributed by atoms with van der Waals surface area (Å²) < 4.78 is 10.8. The van der Waals surface area contributed by atoms with Crippen molar-refractivity contribution >= 4 is 0 Å². The van der Waals surface area contributed by atoms with Gasteiger partial charge in [-0.2, -0.15) is 0 Å². The summed E-state index contributed by atoms with van der Waals surface area (Å²) in [4.78, 5) is 2.41. The predicted octanol–water partition coefficient (Wildman–Crippen LogP) is 6.26. The molecule has 2 aliphatic rings. The van der Waals surface area contributed by atoms with Crippen LogP contribution in [0.4, 0.5) is 0 Å². The highest BCUT2D eigenvalue weighted by Crippen LogP contribution is 2.26. The van der Waals surface area contributed by atoms with Crippen LogP contribution in [0.3, 0.4) is 0 Å². The van der Waals surface area contributed by atoms with E-state index in [-0.39, 0.29) is 0 Å². The summed E-state index contributed by atoms with van der Waals surface area (Å²) in [6.45, 7) is 5.29. The van der Waals surface area contributed by atoms with Gasteiger partial charge in [0, 0.05) is 6.54 Å². The van der Waals surface area contributed by atoms with Gasteiger partial charge in [-0.15, -0.1) is 0 Å². The van der Waals surface area contributed by atoms with Crippen LogP contribution in [0.5, 0.6) is 0 Å². The third-order valence-corrected chi connectivity index (χ3v) is 5.64. The van der Waals surface area contributed by atoms with Crippen LogP contribution in [0.2, 0.25) is 0 Å². The fourth-order valence-electron chi connectivity index (χ4n) is 3.78. The molecule has 0 aromatic rings. The topological polar surface area (TPSA) is 28.3 Å². The van der Waals surface area contributed by atoms with E-state index in [1.807, 2.05) is 0 Å². The first-order valence-corrected chi connectivity index (χ1v) is 11.4. The Hall–Kier alpha value is -0.120. The van der Waals surface area contributed by atoms with Crippen LogP contribution in [0.25, 0.3) is 0 Å². The average molecular weight is 354 g/mol. The van der Waals surface area contributed by atoms with E-state index in [2.05, 4.69) is 11.8 Å². The van der Waals surface area contributed by atoms with Gasteiger partial charge in [-0.05, 0) is 6.42 Å². The molecule has 2 heterocycles. The van der Waals surface area contributed by atoms with Gasteiger partial charge in [-0.25, -0.2) is 4.90 Å². The van der Waals surface area contributed by atoms with Crippen molar-refractivity contribution in [1.82, 2.24) is 4.90 Å². The molecule has 2 rings (SSSR count). The molecule has 3 nitrogen and oxygen atoms in total. The van der Waals surface area contributed by atoms with E-state index < -0.39 is 0 Å². The second kappa shape index (κ2) is 14.0. The highest BCUT2D eigenvalue weighted by atomic mass is 16.6. The van der Waals surface area contributed by atoms with Crippen LogP contribution in [-0.2, 0) is 9.47 Å². The average Bonchev–Trinajstić information content (AvgIpc) is 3.51. The summed E-state index contributed by atoms with van der Waals surface area (Å²) in [6.07, 6.45) is 23.7. The van der Waals surface area contributed by atoms with E-state index in [4.69, 9.17) is 9.47 Å². The Bertz CT molecular complexity index is 290. The standard InChI is InChI=1S/C22H43NO2/c1-2-3-4-5-6-7-8-9-10-11-12-13-14-15-16-17-18-23(21-19-24-21)22-20-25-22/h21-22H,2-20H2,1H3. The van der Waals surface area contributed by atoms with E-state index >= 15 is 0 Å². The maximum absolute atomic E-state index is 5.40. The molecule has 0 radical (unpaired) electrons. The van der Waals surface area contributed by atoms with Crippen LogP contribution in [0.15, 0.2) is 0 Å². The zero-order chi connectivity index (χ0) is 17.6. The van der Waals surface area contributed by atoms with Crippen molar-refractivity contribution < 1.29 is 9.47 Å². The zero-order valence-corrected chi connectivity index (χ0v) is 16.9. The van der Waals surface area contributed by atoms with E-state index in [1.165, 1.54) is 103 Å². The number of rotatable bonds is 19. The first-order chi connectivity index (χ1) is 12.4. The highest BCUT2D eigenvalue weighted by molar-refractivity contribution is 4.80. The van der Waals surface area contributed by atoms with Crippen LogP contribution in [-0.4, -0.2) is 37.1 Å². The molecule has 2 atom stereocenters. The van der Waals surface area contributed by atoms with E-state index in [1.54, 1.807) is 0 Å². The van der Waals surface area contributed by atoms with Crippen molar-refractivity contribution in [2.75, 3.05) is 19.8 Å². The molecule has 2 fully saturated rings. The Morgan fingerprint density at radius 3 is 1.20 bits per heavy atom. The molecule has 0 saturated carbocycles. The van der Waals surface area contributed by atoms with Gasteiger partial charge in [0.15, 0.2) is 0 Å². The molecule has 3 heteroatoms. The Labute approximate surface area is 156 Å². The fourth-order valence-corrected chi connectivity index (χ4v) is 3.78. The molecule has 0 bridgehead atoms. The Balaban J connectivity index is 1.23. The van der Waals surface area contributed by atoms with Gasteiger partial charge in [0.25, 0.3) is 0 Å². The Kier molecular flexibility index (Phi) is 11.9. The van der Waals surface area contributed by atoms with E-state index in [0.29, 0.717) is 12.5 Å². The fraction of sp³-hybridized carbons (Fsp3) is 1.00.